The quantitative estimate of drug-likeness (QED) is 0.636. The van der Waals surface area contributed by atoms with Gasteiger partial charge in [-0.05, 0) is 31.8 Å². The summed E-state index contributed by atoms with van der Waals surface area (Å²) in [4.78, 5) is 25.4. The normalized spacial score (nSPS) is 23.2. The van der Waals surface area contributed by atoms with Crippen LogP contribution in [0.25, 0.3) is 0 Å². The molecule has 0 aromatic carbocycles. The molecule has 2 unspecified atom stereocenters. The van der Waals surface area contributed by atoms with Gasteiger partial charge in [-0.1, -0.05) is 6.92 Å². The lowest BCUT2D eigenvalue weighted by Crippen LogP contribution is -2.47. The Morgan fingerprint density at radius 3 is 2.67 bits per heavy atom. The molecule has 1 aliphatic rings. The second kappa shape index (κ2) is 9.19. The summed E-state index contributed by atoms with van der Waals surface area (Å²) < 4.78 is 4.90. The number of rotatable bonds is 6. The number of imide groups is 1. The maximum atomic E-state index is 11.8. The van der Waals surface area contributed by atoms with E-state index < -0.39 is 6.03 Å². The predicted molar refractivity (Wildman–Crippen MR) is 83.5 cm³/mol. The predicted octanol–water partition coefficient (Wildman–Crippen LogP) is -0.0604. The van der Waals surface area contributed by atoms with Gasteiger partial charge in [-0.2, -0.15) is 0 Å². The van der Waals surface area contributed by atoms with E-state index in [-0.39, 0.29) is 36.3 Å². The average molecular weight is 323 g/mol. The maximum absolute atomic E-state index is 11.8. The van der Waals surface area contributed by atoms with Crippen molar-refractivity contribution in [2.24, 2.45) is 11.1 Å². The lowest BCUT2D eigenvalue weighted by Gasteiger charge is -2.22. The molecule has 0 radical (unpaired) electrons. The lowest BCUT2D eigenvalue weighted by atomic mass is 9.90. The van der Waals surface area contributed by atoms with Gasteiger partial charge in [-0.25, -0.2) is 4.79 Å². The van der Waals surface area contributed by atoms with Gasteiger partial charge in [-0.15, -0.1) is 12.4 Å². The van der Waals surface area contributed by atoms with Crippen LogP contribution in [0.2, 0.25) is 0 Å². The first kappa shape index (κ1) is 20.1. The van der Waals surface area contributed by atoms with Crippen LogP contribution in [0.5, 0.6) is 0 Å². The molecule has 124 valence electrons. The van der Waals surface area contributed by atoms with Crippen LogP contribution in [0.15, 0.2) is 0 Å². The van der Waals surface area contributed by atoms with Gasteiger partial charge in [0.1, 0.15) is 0 Å². The highest BCUT2D eigenvalue weighted by Crippen LogP contribution is 2.27. The fourth-order valence-corrected chi connectivity index (χ4v) is 2.35. The van der Waals surface area contributed by atoms with Crippen LogP contribution in [-0.2, 0) is 9.53 Å². The molecule has 8 heteroatoms. The zero-order valence-electron chi connectivity index (χ0n) is 13.0. The number of nitrogens with zero attached hydrogens (tertiary/aromatic N) is 1. The minimum atomic E-state index is -0.486. The third-order valence-electron chi connectivity index (χ3n) is 3.54. The smallest absolute Gasteiger partial charge is 0.321 e. The van der Waals surface area contributed by atoms with E-state index in [0.717, 1.165) is 19.5 Å². The van der Waals surface area contributed by atoms with Crippen LogP contribution in [-0.4, -0.2) is 62.8 Å². The molecular weight excluding hydrogens is 296 g/mol. The van der Waals surface area contributed by atoms with Gasteiger partial charge in [0.25, 0.3) is 0 Å². The number of likely N-dealkylation sites (tertiary alicyclic amines) is 1. The zero-order valence-corrected chi connectivity index (χ0v) is 13.8. The minimum Gasteiger partial charge on any atom is -0.383 e. The van der Waals surface area contributed by atoms with Gasteiger partial charge in [0, 0.05) is 13.7 Å². The lowest BCUT2D eigenvalue weighted by molar-refractivity contribution is -0.121. The van der Waals surface area contributed by atoms with Crippen molar-refractivity contribution in [1.82, 2.24) is 15.5 Å². The molecule has 0 aromatic rings. The van der Waals surface area contributed by atoms with Gasteiger partial charge in [0.2, 0.25) is 5.91 Å². The fraction of sp³-hybridized carbons (Fsp3) is 0.846. The van der Waals surface area contributed by atoms with Crippen LogP contribution < -0.4 is 16.4 Å². The molecule has 0 bridgehead atoms. The number of methoxy groups -OCH3 is 1. The first-order valence-corrected chi connectivity index (χ1v) is 6.90. The van der Waals surface area contributed by atoms with E-state index in [1.54, 1.807) is 14.0 Å². The van der Waals surface area contributed by atoms with Crippen LogP contribution in [0.3, 0.4) is 0 Å². The minimum absolute atomic E-state index is 0. The van der Waals surface area contributed by atoms with Gasteiger partial charge in [0.15, 0.2) is 0 Å². The molecule has 0 aliphatic carbocycles. The van der Waals surface area contributed by atoms with Crippen molar-refractivity contribution in [3.8, 4) is 0 Å². The molecule has 0 saturated carbocycles. The Bertz CT molecular complexity index is 356. The number of urea groups is 1. The van der Waals surface area contributed by atoms with E-state index in [1.165, 1.54) is 0 Å². The molecule has 1 aliphatic heterocycles. The number of carbonyl (C=O) groups excluding carboxylic acids is 2. The second-order valence-corrected chi connectivity index (χ2v) is 5.85. The van der Waals surface area contributed by atoms with E-state index in [0.29, 0.717) is 13.2 Å². The number of ether oxygens (including phenoxy) is 1. The van der Waals surface area contributed by atoms with Crippen molar-refractivity contribution in [1.29, 1.82) is 0 Å². The molecule has 21 heavy (non-hydrogen) atoms. The van der Waals surface area contributed by atoms with Crippen molar-refractivity contribution in [3.05, 3.63) is 0 Å². The Labute approximate surface area is 132 Å². The van der Waals surface area contributed by atoms with E-state index in [9.17, 15) is 9.59 Å². The third-order valence-corrected chi connectivity index (χ3v) is 3.54. The van der Waals surface area contributed by atoms with Crippen LogP contribution in [0.1, 0.15) is 20.3 Å². The second-order valence-electron chi connectivity index (χ2n) is 5.85. The summed E-state index contributed by atoms with van der Waals surface area (Å²) in [6.45, 7) is 6.79. The highest BCUT2D eigenvalue weighted by atomic mass is 35.5. The van der Waals surface area contributed by atoms with Gasteiger partial charge >= 0.3 is 6.03 Å². The molecule has 1 rings (SSSR count). The Balaban J connectivity index is 0.00000400. The van der Waals surface area contributed by atoms with Crippen molar-refractivity contribution >= 4 is 24.3 Å². The third kappa shape index (κ3) is 7.08. The molecule has 0 spiro atoms. The highest BCUT2D eigenvalue weighted by molar-refractivity contribution is 5.95. The Kier molecular flexibility index (Phi) is 8.80. The molecule has 1 saturated heterocycles. The highest BCUT2D eigenvalue weighted by Gasteiger charge is 2.33. The van der Waals surface area contributed by atoms with Crippen LogP contribution >= 0.6 is 12.4 Å². The summed E-state index contributed by atoms with van der Waals surface area (Å²) >= 11 is 0. The van der Waals surface area contributed by atoms with Crippen molar-refractivity contribution < 1.29 is 14.3 Å². The van der Waals surface area contributed by atoms with E-state index in [4.69, 9.17) is 10.5 Å². The van der Waals surface area contributed by atoms with Gasteiger partial charge in [0.05, 0.1) is 19.2 Å². The van der Waals surface area contributed by atoms with E-state index >= 15 is 0 Å². The van der Waals surface area contributed by atoms with Gasteiger partial charge < -0.3 is 15.8 Å². The molecule has 3 amide bonds. The van der Waals surface area contributed by atoms with E-state index in [1.807, 2.05) is 4.90 Å². The molecular formula is C13H27ClN4O3. The summed E-state index contributed by atoms with van der Waals surface area (Å²) in [7, 11) is 1.56. The molecule has 2 atom stereocenters. The molecule has 4 N–H and O–H groups in total. The van der Waals surface area contributed by atoms with Crippen LogP contribution in [0.4, 0.5) is 4.79 Å². The Morgan fingerprint density at radius 2 is 2.14 bits per heavy atom. The van der Waals surface area contributed by atoms with Crippen molar-refractivity contribution in [3.63, 3.8) is 0 Å². The maximum Gasteiger partial charge on any atom is 0.321 e. The topological polar surface area (TPSA) is 96.7 Å². The number of nitrogens with two attached hydrogens (primary N) is 1. The van der Waals surface area contributed by atoms with Crippen molar-refractivity contribution in [2.75, 3.05) is 39.9 Å². The molecule has 1 heterocycles. The summed E-state index contributed by atoms with van der Waals surface area (Å²) in [5, 5.41) is 4.95. The summed E-state index contributed by atoms with van der Waals surface area (Å²) in [5.41, 5.74) is 5.80. The SMILES string of the molecule is COCC(C)NC(=O)NC(=O)CN1CCC(C)(CN)C1.Cl. The number of hydrogen-bond acceptors (Lipinski definition) is 5. The van der Waals surface area contributed by atoms with E-state index in [2.05, 4.69) is 17.6 Å². The van der Waals surface area contributed by atoms with Crippen molar-refractivity contribution in [2.45, 2.75) is 26.3 Å². The summed E-state index contributed by atoms with van der Waals surface area (Å²) in [6.07, 6.45) is 0.980. The summed E-state index contributed by atoms with van der Waals surface area (Å²) in [6, 6.07) is -0.625. The number of carbonyl (C=O) groups is 2. The number of halogens is 1. The number of hydrogen-bond donors (Lipinski definition) is 3. The average Bonchev–Trinajstić information content (AvgIpc) is 2.71. The molecule has 7 nitrogen and oxygen atoms in total. The number of nitrogens with one attached hydrogen (secondary N) is 2. The largest absolute Gasteiger partial charge is 0.383 e. The zero-order chi connectivity index (χ0) is 15.2. The van der Waals surface area contributed by atoms with Gasteiger partial charge in [-0.3, -0.25) is 15.0 Å². The first-order valence-electron chi connectivity index (χ1n) is 6.90. The summed E-state index contributed by atoms with van der Waals surface area (Å²) in [5.74, 6) is -0.298. The monoisotopic (exact) mass is 322 g/mol. The fourth-order valence-electron chi connectivity index (χ4n) is 2.35. The molecule has 0 aromatic heterocycles. The first-order chi connectivity index (χ1) is 9.38. The number of amides is 3. The standard InChI is InChI=1S/C13H26N4O3.ClH/c1-10(7-20-3)15-12(19)16-11(18)6-17-5-4-13(2,8-14)9-17;/h10H,4-9,14H2,1-3H3,(H2,15,16,18,19);1H. The molecule has 1 fully saturated rings. The Morgan fingerprint density at radius 1 is 1.48 bits per heavy atom. The Hall–Kier alpha value is -0.890. The van der Waals surface area contributed by atoms with Crippen LogP contribution in [0, 0.1) is 5.41 Å².